The molecule has 0 fully saturated rings. The van der Waals surface area contributed by atoms with Crippen molar-refractivity contribution < 1.29 is 9.53 Å². The van der Waals surface area contributed by atoms with Crippen LogP contribution in [-0.2, 0) is 13.2 Å². The molecule has 4 rings (SSSR count). The summed E-state index contributed by atoms with van der Waals surface area (Å²) in [4.78, 5) is 20.8. The highest BCUT2D eigenvalue weighted by molar-refractivity contribution is 7.13. The maximum Gasteiger partial charge on any atom is 0.271 e. The Balaban J connectivity index is 1.39. The zero-order chi connectivity index (χ0) is 21.6. The summed E-state index contributed by atoms with van der Waals surface area (Å²) in [7, 11) is 0. The zero-order valence-corrected chi connectivity index (χ0v) is 18.5. The minimum absolute atomic E-state index is 0.238. The molecule has 0 unspecified atom stereocenters. The Morgan fingerprint density at radius 1 is 1.00 bits per heavy atom. The summed E-state index contributed by atoms with van der Waals surface area (Å²) in [6.07, 6.45) is 3.38. The number of nitrogens with one attached hydrogen (secondary N) is 1. The van der Waals surface area contributed by atoms with Gasteiger partial charge in [0.1, 0.15) is 23.1 Å². The molecule has 0 aliphatic carbocycles. The van der Waals surface area contributed by atoms with Gasteiger partial charge in [0, 0.05) is 34.9 Å². The van der Waals surface area contributed by atoms with Crippen molar-refractivity contribution in [3.63, 3.8) is 0 Å². The molecule has 0 spiro atoms. The molecular weight excluding hydrogens is 453 g/mol. The SMILES string of the molecule is O=C(NCc1ccncc1)c1csc(-c2ccc(OCc3ccc(Cl)cc3)cc2Cl)n1. The van der Waals surface area contributed by atoms with Gasteiger partial charge in [0.25, 0.3) is 5.91 Å². The minimum Gasteiger partial charge on any atom is -0.489 e. The average molecular weight is 470 g/mol. The molecule has 0 atom stereocenters. The standard InChI is InChI=1S/C23H17Cl2N3O2S/c24-17-3-1-16(2-4-17)13-30-18-5-6-19(20(25)11-18)23-28-21(14-31-23)22(29)27-12-15-7-9-26-10-8-15/h1-11,14H,12-13H2,(H,27,29). The summed E-state index contributed by atoms with van der Waals surface area (Å²) in [6, 6.07) is 16.6. The molecule has 31 heavy (non-hydrogen) atoms. The number of rotatable bonds is 7. The molecule has 1 amide bonds. The lowest BCUT2D eigenvalue weighted by Gasteiger charge is -2.08. The Labute approximate surface area is 193 Å². The number of aromatic nitrogens is 2. The van der Waals surface area contributed by atoms with Crippen molar-refractivity contribution in [2.45, 2.75) is 13.2 Å². The van der Waals surface area contributed by atoms with Crippen LogP contribution in [0.4, 0.5) is 0 Å². The van der Waals surface area contributed by atoms with Crippen LogP contribution < -0.4 is 10.1 Å². The van der Waals surface area contributed by atoms with Crippen LogP contribution in [0.15, 0.2) is 72.4 Å². The van der Waals surface area contributed by atoms with Crippen LogP contribution in [-0.4, -0.2) is 15.9 Å². The number of ether oxygens (including phenoxy) is 1. The van der Waals surface area contributed by atoms with Crippen molar-refractivity contribution >= 4 is 40.4 Å². The second kappa shape index (κ2) is 9.92. The van der Waals surface area contributed by atoms with Gasteiger partial charge in [-0.1, -0.05) is 35.3 Å². The molecular formula is C23H17Cl2N3O2S. The predicted molar refractivity (Wildman–Crippen MR) is 124 cm³/mol. The smallest absolute Gasteiger partial charge is 0.271 e. The van der Waals surface area contributed by atoms with Gasteiger partial charge in [-0.05, 0) is 53.6 Å². The Morgan fingerprint density at radius 2 is 1.77 bits per heavy atom. The number of carbonyl (C=O) groups excluding carboxylic acids is 1. The maximum absolute atomic E-state index is 12.4. The fourth-order valence-corrected chi connectivity index (χ4v) is 4.06. The fraction of sp³-hybridized carbons (Fsp3) is 0.0870. The monoisotopic (exact) mass is 469 g/mol. The van der Waals surface area contributed by atoms with E-state index in [1.807, 2.05) is 48.5 Å². The van der Waals surface area contributed by atoms with Crippen molar-refractivity contribution in [2.75, 3.05) is 0 Å². The third-order valence-corrected chi connectivity index (χ3v) is 5.87. The first kappa shape index (κ1) is 21.3. The third-order valence-electron chi connectivity index (χ3n) is 4.43. The normalized spacial score (nSPS) is 10.6. The van der Waals surface area contributed by atoms with Crippen LogP contribution in [0, 0.1) is 0 Å². The topological polar surface area (TPSA) is 64.1 Å². The molecule has 156 valence electrons. The molecule has 2 aromatic heterocycles. The number of benzene rings is 2. The van der Waals surface area contributed by atoms with E-state index in [9.17, 15) is 4.79 Å². The lowest BCUT2D eigenvalue weighted by Crippen LogP contribution is -2.23. The molecule has 8 heteroatoms. The van der Waals surface area contributed by atoms with Crippen molar-refractivity contribution in [1.29, 1.82) is 0 Å². The lowest BCUT2D eigenvalue weighted by molar-refractivity contribution is 0.0946. The largest absolute Gasteiger partial charge is 0.489 e. The molecule has 0 aliphatic heterocycles. The first-order chi connectivity index (χ1) is 15.1. The van der Waals surface area contributed by atoms with Crippen LogP contribution in [0.25, 0.3) is 10.6 Å². The van der Waals surface area contributed by atoms with E-state index in [0.717, 1.165) is 16.7 Å². The van der Waals surface area contributed by atoms with Crippen molar-refractivity contribution in [1.82, 2.24) is 15.3 Å². The first-order valence-corrected chi connectivity index (χ1v) is 11.0. The second-order valence-electron chi connectivity index (χ2n) is 6.63. The molecule has 2 heterocycles. The Morgan fingerprint density at radius 3 is 2.52 bits per heavy atom. The maximum atomic E-state index is 12.4. The molecule has 0 bridgehead atoms. The van der Waals surface area contributed by atoms with Gasteiger partial charge in [0.05, 0.1) is 5.02 Å². The molecule has 0 aliphatic rings. The molecule has 5 nitrogen and oxygen atoms in total. The first-order valence-electron chi connectivity index (χ1n) is 9.38. The van der Waals surface area contributed by atoms with Crippen LogP contribution in [0.1, 0.15) is 21.6 Å². The number of amides is 1. The number of hydrogen-bond donors (Lipinski definition) is 1. The lowest BCUT2D eigenvalue weighted by atomic mass is 10.2. The number of carbonyl (C=O) groups is 1. The second-order valence-corrected chi connectivity index (χ2v) is 8.33. The highest BCUT2D eigenvalue weighted by atomic mass is 35.5. The number of hydrogen-bond acceptors (Lipinski definition) is 5. The molecule has 2 aromatic carbocycles. The average Bonchev–Trinajstić information content (AvgIpc) is 3.28. The highest BCUT2D eigenvalue weighted by Gasteiger charge is 2.14. The van der Waals surface area contributed by atoms with Crippen molar-refractivity contribution in [3.05, 3.63) is 99.2 Å². The number of nitrogens with zero attached hydrogens (tertiary/aromatic N) is 2. The van der Waals surface area contributed by atoms with Gasteiger partial charge < -0.3 is 10.1 Å². The van der Waals surface area contributed by atoms with Gasteiger partial charge in [-0.25, -0.2) is 4.98 Å². The summed E-state index contributed by atoms with van der Waals surface area (Å²) in [6.45, 7) is 0.820. The Bertz CT molecular complexity index is 1180. The van der Waals surface area contributed by atoms with Gasteiger partial charge in [-0.15, -0.1) is 11.3 Å². The Hall–Kier alpha value is -2.93. The van der Waals surface area contributed by atoms with E-state index < -0.39 is 0 Å². The summed E-state index contributed by atoms with van der Waals surface area (Å²) < 4.78 is 5.81. The molecule has 4 aromatic rings. The third kappa shape index (κ3) is 5.61. The summed E-state index contributed by atoms with van der Waals surface area (Å²) in [5, 5.41) is 6.44. The van der Waals surface area contributed by atoms with E-state index >= 15 is 0 Å². The predicted octanol–water partition coefficient (Wildman–Crippen LogP) is 6.02. The van der Waals surface area contributed by atoms with Crippen molar-refractivity contribution in [2.24, 2.45) is 0 Å². The van der Waals surface area contributed by atoms with Crippen LogP contribution in [0.3, 0.4) is 0 Å². The zero-order valence-electron chi connectivity index (χ0n) is 16.2. The Kier molecular flexibility index (Phi) is 6.82. The van der Waals surface area contributed by atoms with Crippen LogP contribution >= 0.6 is 34.5 Å². The van der Waals surface area contributed by atoms with Gasteiger partial charge in [0.15, 0.2) is 0 Å². The molecule has 1 N–H and O–H groups in total. The van der Waals surface area contributed by atoms with E-state index in [1.54, 1.807) is 23.8 Å². The quantitative estimate of drug-likeness (QED) is 0.359. The minimum atomic E-state index is -0.238. The number of halogens is 2. The molecule has 0 saturated carbocycles. The van der Waals surface area contributed by atoms with E-state index in [1.165, 1.54) is 11.3 Å². The van der Waals surface area contributed by atoms with E-state index in [2.05, 4.69) is 15.3 Å². The highest BCUT2D eigenvalue weighted by Crippen LogP contribution is 2.33. The summed E-state index contributed by atoms with van der Waals surface area (Å²) >= 11 is 13.7. The van der Waals surface area contributed by atoms with Gasteiger partial charge in [-0.2, -0.15) is 0 Å². The van der Waals surface area contributed by atoms with E-state index in [-0.39, 0.29) is 5.91 Å². The summed E-state index contributed by atoms with van der Waals surface area (Å²) in [5.41, 5.74) is 3.08. The van der Waals surface area contributed by atoms with Gasteiger partial charge in [-0.3, -0.25) is 9.78 Å². The van der Waals surface area contributed by atoms with Gasteiger partial charge in [0.2, 0.25) is 0 Å². The van der Waals surface area contributed by atoms with E-state index in [0.29, 0.717) is 39.6 Å². The number of pyridine rings is 1. The van der Waals surface area contributed by atoms with Crippen LogP contribution in [0.5, 0.6) is 5.75 Å². The number of thiazole rings is 1. The molecule has 0 radical (unpaired) electrons. The van der Waals surface area contributed by atoms with Crippen LogP contribution in [0.2, 0.25) is 10.0 Å². The van der Waals surface area contributed by atoms with Crippen molar-refractivity contribution in [3.8, 4) is 16.3 Å². The summed E-state index contributed by atoms with van der Waals surface area (Å²) in [5.74, 6) is 0.411. The van der Waals surface area contributed by atoms with Gasteiger partial charge >= 0.3 is 0 Å². The molecule has 0 saturated heterocycles. The fourth-order valence-electron chi connectivity index (χ4n) is 2.78. The van der Waals surface area contributed by atoms with E-state index in [4.69, 9.17) is 27.9 Å².